The second-order valence-corrected chi connectivity index (χ2v) is 11.6. The normalized spacial score (nSPS) is 27.3. The van der Waals surface area contributed by atoms with Gasteiger partial charge in [0.05, 0.1) is 5.56 Å². The molecule has 0 saturated heterocycles. The number of carbonyl (C=O) groups is 1. The highest BCUT2D eigenvalue weighted by molar-refractivity contribution is 5.91. The van der Waals surface area contributed by atoms with Gasteiger partial charge in [-0.15, -0.1) is 0 Å². The third-order valence-electron chi connectivity index (χ3n) is 9.06. The van der Waals surface area contributed by atoms with Crippen molar-refractivity contribution in [3.05, 3.63) is 65.7 Å². The molecular formula is C32H36O4. The van der Waals surface area contributed by atoms with Crippen molar-refractivity contribution in [2.45, 2.75) is 70.0 Å². The molecule has 0 aromatic heterocycles. The second kappa shape index (κ2) is 9.23. The van der Waals surface area contributed by atoms with E-state index in [1.165, 1.54) is 49.5 Å². The lowest BCUT2D eigenvalue weighted by Gasteiger charge is -2.57. The molecule has 1 atom stereocenters. The van der Waals surface area contributed by atoms with E-state index in [0.717, 1.165) is 52.9 Å². The molecule has 36 heavy (non-hydrogen) atoms. The van der Waals surface area contributed by atoms with Gasteiger partial charge in [0, 0.05) is 19.1 Å². The molecule has 4 aliphatic rings. The van der Waals surface area contributed by atoms with Gasteiger partial charge < -0.3 is 14.6 Å². The van der Waals surface area contributed by atoms with Crippen LogP contribution in [0.5, 0.6) is 5.75 Å². The zero-order valence-electron chi connectivity index (χ0n) is 21.3. The number of rotatable bonds is 8. The van der Waals surface area contributed by atoms with Crippen LogP contribution in [0.3, 0.4) is 0 Å². The summed E-state index contributed by atoms with van der Waals surface area (Å²) >= 11 is 0. The SMILES string of the molecule is CCCC(OC)Oc1cc2ccc(-c3ccc(C(=O)O)cc3)cc2cc1C12CC3CC(CC(C3)C1)C2. The summed E-state index contributed by atoms with van der Waals surface area (Å²) in [5.74, 6) is 2.67. The van der Waals surface area contributed by atoms with Gasteiger partial charge in [-0.2, -0.15) is 0 Å². The van der Waals surface area contributed by atoms with Crippen LogP contribution in [0.4, 0.5) is 0 Å². The fourth-order valence-corrected chi connectivity index (χ4v) is 7.82. The molecule has 188 valence electrons. The fourth-order valence-electron chi connectivity index (χ4n) is 7.82. The minimum Gasteiger partial charge on any atom is -0.478 e. The number of benzene rings is 3. The minimum atomic E-state index is -0.898. The largest absolute Gasteiger partial charge is 0.478 e. The number of carboxylic acid groups (broad SMARTS) is 1. The Morgan fingerprint density at radius 3 is 2.14 bits per heavy atom. The first-order chi connectivity index (χ1) is 17.5. The Bertz CT molecular complexity index is 1240. The maximum Gasteiger partial charge on any atom is 0.335 e. The summed E-state index contributed by atoms with van der Waals surface area (Å²) in [5, 5.41) is 11.6. The van der Waals surface area contributed by atoms with Crippen LogP contribution < -0.4 is 4.74 Å². The third-order valence-corrected chi connectivity index (χ3v) is 9.06. The quantitative estimate of drug-likeness (QED) is 0.331. The molecule has 3 aromatic carbocycles. The van der Waals surface area contributed by atoms with Crippen LogP contribution in [-0.2, 0) is 10.2 Å². The van der Waals surface area contributed by atoms with E-state index in [9.17, 15) is 9.90 Å². The van der Waals surface area contributed by atoms with Crippen molar-refractivity contribution in [1.82, 2.24) is 0 Å². The molecule has 0 aliphatic heterocycles. The van der Waals surface area contributed by atoms with E-state index < -0.39 is 5.97 Å². The monoisotopic (exact) mass is 484 g/mol. The minimum absolute atomic E-state index is 0.210. The average molecular weight is 485 g/mol. The summed E-state index contributed by atoms with van der Waals surface area (Å²) in [6.07, 6.45) is 9.74. The highest BCUT2D eigenvalue weighted by Crippen LogP contribution is 2.62. The standard InChI is InChI=1S/C32H36O4/c1-3-4-30(35-2)36-29-16-26-10-9-25(23-5-7-24(8-6-23)31(33)34)14-27(26)15-28(29)32-17-20-11-21(18-32)13-22(12-20)19-32/h5-10,14-16,20-22,30H,3-4,11-13,17-19H2,1-2H3,(H,33,34). The van der Waals surface area contributed by atoms with E-state index in [-0.39, 0.29) is 11.7 Å². The van der Waals surface area contributed by atoms with Crippen molar-refractivity contribution in [3.8, 4) is 16.9 Å². The van der Waals surface area contributed by atoms with Gasteiger partial charge in [-0.3, -0.25) is 0 Å². The molecule has 4 bridgehead atoms. The Hall–Kier alpha value is -2.85. The van der Waals surface area contributed by atoms with Crippen molar-refractivity contribution in [1.29, 1.82) is 0 Å². The maximum atomic E-state index is 11.3. The predicted molar refractivity (Wildman–Crippen MR) is 143 cm³/mol. The molecule has 4 fully saturated rings. The van der Waals surface area contributed by atoms with E-state index in [1.807, 2.05) is 12.1 Å². The molecular weight excluding hydrogens is 448 g/mol. The number of hydrogen-bond donors (Lipinski definition) is 1. The fraction of sp³-hybridized carbons (Fsp3) is 0.469. The highest BCUT2D eigenvalue weighted by atomic mass is 16.7. The molecule has 4 saturated carbocycles. The summed E-state index contributed by atoms with van der Waals surface area (Å²) in [6.45, 7) is 2.17. The van der Waals surface area contributed by atoms with E-state index in [2.05, 4.69) is 37.3 Å². The zero-order chi connectivity index (χ0) is 24.9. The predicted octanol–water partition coefficient (Wildman–Crippen LogP) is 7.82. The van der Waals surface area contributed by atoms with E-state index in [4.69, 9.17) is 9.47 Å². The molecule has 0 spiro atoms. The highest BCUT2D eigenvalue weighted by Gasteiger charge is 2.52. The van der Waals surface area contributed by atoms with Gasteiger partial charge in [-0.05, 0) is 114 Å². The van der Waals surface area contributed by atoms with Crippen molar-refractivity contribution >= 4 is 16.7 Å². The lowest BCUT2D eigenvalue weighted by molar-refractivity contribution is -0.0618. The first-order valence-corrected chi connectivity index (χ1v) is 13.6. The van der Waals surface area contributed by atoms with Gasteiger partial charge in [0.15, 0.2) is 6.29 Å². The molecule has 3 aromatic rings. The molecule has 0 amide bonds. The van der Waals surface area contributed by atoms with Crippen molar-refractivity contribution in [3.63, 3.8) is 0 Å². The molecule has 0 heterocycles. The molecule has 0 radical (unpaired) electrons. The average Bonchev–Trinajstić information content (AvgIpc) is 2.87. The number of aromatic carboxylic acids is 1. The van der Waals surface area contributed by atoms with Crippen LogP contribution in [0.1, 0.15) is 74.2 Å². The third kappa shape index (κ3) is 4.20. The topological polar surface area (TPSA) is 55.8 Å². The Balaban J connectivity index is 1.44. The van der Waals surface area contributed by atoms with Gasteiger partial charge in [-0.25, -0.2) is 4.79 Å². The Morgan fingerprint density at radius 2 is 1.56 bits per heavy atom. The molecule has 7 rings (SSSR count). The molecule has 1 N–H and O–H groups in total. The number of ether oxygens (including phenoxy) is 2. The van der Waals surface area contributed by atoms with Gasteiger partial charge >= 0.3 is 5.97 Å². The molecule has 4 heteroatoms. The zero-order valence-corrected chi connectivity index (χ0v) is 21.3. The Kier molecular flexibility index (Phi) is 6.03. The number of hydrogen-bond acceptors (Lipinski definition) is 3. The summed E-state index contributed by atoms with van der Waals surface area (Å²) in [7, 11) is 1.74. The first kappa shape index (κ1) is 23.5. The van der Waals surface area contributed by atoms with Crippen LogP contribution in [0.2, 0.25) is 0 Å². The summed E-state index contributed by atoms with van der Waals surface area (Å²) in [4.78, 5) is 11.3. The molecule has 4 aliphatic carbocycles. The first-order valence-electron chi connectivity index (χ1n) is 13.6. The van der Waals surface area contributed by atoms with E-state index >= 15 is 0 Å². The van der Waals surface area contributed by atoms with Gasteiger partial charge in [0.2, 0.25) is 0 Å². The number of carboxylic acids is 1. The molecule has 1 unspecified atom stereocenters. The smallest absolute Gasteiger partial charge is 0.335 e. The maximum absolute atomic E-state index is 11.3. The lowest BCUT2D eigenvalue weighted by Crippen LogP contribution is -2.48. The van der Waals surface area contributed by atoms with Crippen LogP contribution in [0.25, 0.3) is 21.9 Å². The number of fused-ring (bicyclic) bond motifs is 1. The van der Waals surface area contributed by atoms with Crippen LogP contribution >= 0.6 is 0 Å². The Morgan fingerprint density at radius 1 is 0.917 bits per heavy atom. The summed E-state index contributed by atoms with van der Waals surface area (Å²) < 4.78 is 12.3. The van der Waals surface area contributed by atoms with E-state index in [0.29, 0.717) is 5.56 Å². The number of methoxy groups -OCH3 is 1. The van der Waals surface area contributed by atoms with Gasteiger partial charge in [-0.1, -0.05) is 37.6 Å². The van der Waals surface area contributed by atoms with Crippen LogP contribution in [0.15, 0.2) is 54.6 Å². The second-order valence-electron chi connectivity index (χ2n) is 11.6. The van der Waals surface area contributed by atoms with Crippen molar-refractivity contribution in [2.75, 3.05) is 7.11 Å². The van der Waals surface area contributed by atoms with Crippen molar-refractivity contribution < 1.29 is 19.4 Å². The Labute approximate surface area is 213 Å². The van der Waals surface area contributed by atoms with Crippen LogP contribution in [0, 0.1) is 17.8 Å². The lowest BCUT2D eigenvalue weighted by atomic mass is 9.48. The summed E-state index contributed by atoms with van der Waals surface area (Å²) in [5.41, 5.74) is 4.03. The van der Waals surface area contributed by atoms with E-state index in [1.54, 1.807) is 19.2 Å². The van der Waals surface area contributed by atoms with Crippen LogP contribution in [-0.4, -0.2) is 24.5 Å². The van der Waals surface area contributed by atoms with Gasteiger partial charge in [0.1, 0.15) is 5.75 Å². The summed E-state index contributed by atoms with van der Waals surface area (Å²) in [6, 6.07) is 18.3. The molecule has 4 nitrogen and oxygen atoms in total. The van der Waals surface area contributed by atoms with Crippen molar-refractivity contribution in [2.24, 2.45) is 17.8 Å². The van der Waals surface area contributed by atoms with Gasteiger partial charge in [0.25, 0.3) is 0 Å².